The molecule has 0 atom stereocenters. The number of para-hydroxylation sites is 5. The van der Waals surface area contributed by atoms with Crippen LogP contribution in [-0.4, -0.2) is 6.71 Å². The lowest BCUT2D eigenvalue weighted by Gasteiger charge is -2.44. The van der Waals surface area contributed by atoms with E-state index in [0.29, 0.717) is 0 Å². The molecule has 0 spiro atoms. The van der Waals surface area contributed by atoms with Gasteiger partial charge in [0, 0.05) is 50.5 Å². The average Bonchev–Trinajstić information content (AvgIpc) is 3.57. The number of hydrogen-bond donors (Lipinski definition) is 0. The van der Waals surface area contributed by atoms with Crippen LogP contribution in [0.1, 0.15) is 0 Å². The van der Waals surface area contributed by atoms with Gasteiger partial charge in [-0.25, -0.2) is 0 Å². The van der Waals surface area contributed by atoms with Crippen molar-refractivity contribution in [2.75, 3.05) is 9.80 Å². The van der Waals surface area contributed by atoms with Crippen molar-refractivity contribution in [3.8, 4) is 11.1 Å². The lowest BCUT2D eigenvalue weighted by atomic mass is 9.33. The molecule has 0 unspecified atom stereocenters. The molecule has 0 radical (unpaired) electrons. The minimum Gasteiger partial charge on any atom is -0.456 e. The summed E-state index contributed by atoms with van der Waals surface area (Å²) in [5.74, 6) is 0. The van der Waals surface area contributed by atoms with Crippen LogP contribution in [0.5, 0.6) is 0 Å². The van der Waals surface area contributed by atoms with Crippen molar-refractivity contribution in [3.63, 3.8) is 0 Å². The van der Waals surface area contributed by atoms with Crippen molar-refractivity contribution in [3.05, 3.63) is 176 Å². The van der Waals surface area contributed by atoms with Gasteiger partial charge in [-0.15, -0.1) is 0 Å². The van der Waals surface area contributed by atoms with Crippen molar-refractivity contribution in [2.24, 2.45) is 0 Å². The maximum atomic E-state index is 6.58. The van der Waals surface area contributed by atoms with E-state index in [1.807, 2.05) is 6.07 Å². The minimum absolute atomic E-state index is 0.0495. The van der Waals surface area contributed by atoms with Crippen molar-refractivity contribution < 1.29 is 4.42 Å². The van der Waals surface area contributed by atoms with Gasteiger partial charge in [0.25, 0.3) is 6.71 Å². The molecule has 2 aliphatic rings. The quantitative estimate of drug-likeness (QED) is 0.180. The molecule has 4 heteroatoms. The van der Waals surface area contributed by atoms with Gasteiger partial charge in [0.15, 0.2) is 0 Å². The molecular weight excluding hydrogens is 607 g/mol. The number of fused-ring (bicyclic) bond motifs is 9. The monoisotopic (exact) mass is 636 g/mol. The van der Waals surface area contributed by atoms with Crippen LogP contribution in [0.4, 0.5) is 34.1 Å². The molecule has 0 aliphatic carbocycles. The highest BCUT2D eigenvalue weighted by atomic mass is 16.3. The molecule has 0 fully saturated rings. The Kier molecular flexibility index (Phi) is 5.76. The number of furan rings is 1. The van der Waals surface area contributed by atoms with E-state index in [1.165, 1.54) is 66.4 Å². The van der Waals surface area contributed by atoms with Gasteiger partial charge in [0.1, 0.15) is 11.2 Å². The fourth-order valence-electron chi connectivity index (χ4n) is 8.66. The molecule has 1 aromatic heterocycles. The number of rotatable bonds is 3. The van der Waals surface area contributed by atoms with Crippen LogP contribution in [0, 0.1) is 0 Å². The van der Waals surface area contributed by atoms with Crippen LogP contribution in [-0.2, 0) is 0 Å². The summed E-state index contributed by atoms with van der Waals surface area (Å²) in [5.41, 5.74) is 15.2. The Bertz CT molecular complexity index is 2790. The fraction of sp³-hybridized carbons (Fsp3) is 0. The van der Waals surface area contributed by atoms with Crippen molar-refractivity contribution in [1.82, 2.24) is 0 Å². The first-order chi connectivity index (χ1) is 24.8. The lowest BCUT2D eigenvalue weighted by molar-refractivity contribution is 0.669. The van der Waals surface area contributed by atoms with Crippen LogP contribution in [0.25, 0.3) is 43.8 Å². The molecule has 9 aromatic rings. The molecule has 2 aliphatic heterocycles. The minimum atomic E-state index is 0.0495. The summed E-state index contributed by atoms with van der Waals surface area (Å²) >= 11 is 0. The van der Waals surface area contributed by atoms with Crippen LogP contribution >= 0.6 is 0 Å². The van der Waals surface area contributed by atoms with Gasteiger partial charge >= 0.3 is 0 Å². The molecule has 0 saturated carbocycles. The van der Waals surface area contributed by atoms with Crippen LogP contribution in [0.2, 0.25) is 0 Å². The lowest BCUT2D eigenvalue weighted by Crippen LogP contribution is -2.61. The number of anilines is 6. The Morgan fingerprint density at radius 3 is 1.78 bits per heavy atom. The predicted molar refractivity (Wildman–Crippen MR) is 211 cm³/mol. The average molecular weight is 637 g/mol. The summed E-state index contributed by atoms with van der Waals surface area (Å²) in [6.07, 6.45) is 0. The zero-order valence-corrected chi connectivity index (χ0v) is 27.1. The molecule has 0 saturated heterocycles. The molecule has 232 valence electrons. The zero-order valence-electron chi connectivity index (χ0n) is 27.1. The first-order valence-corrected chi connectivity index (χ1v) is 17.2. The zero-order chi connectivity index (χ0) is 32.8. The Morgan fingerprint density at radius 2 is 0.980 bits per heavy atom. The first kappa shape index (κ1) is 27.4. The van der Waals surface area contributed by atoms with E-state index in [2.05, 4.69) is 180 Å². The van der Waals surface area contributed by atoms with E-state index in [0.717, 1.165) is 27.9 Å². The summed E-state index contributed by atoms with van der Waals surface area (Å²) < 4.78 is 6.58. The fourth-order valence-corrected chi connectivity index (χ4v) is 8.66. The third-order valence-corrected chi connectivity index (χ3v) is 10.6. The molecule has 0 amide bonds. The maximum Gasteiger partial charge on any atom is 0.252 e. The van der Waals surface area contributed by atoms with E-state index in [1.54, 1.807) is 0 Å². The topological polar surface area (TPSA) is 19.6 Å². The Morgan fingerprint density at radius 1 is 0.400 bits per heavy atom. The molecular formula is C46H29BN2O. The SMILES string of the molecule is c1ccc(N2c3ccccc3B3c4cccc(-c5cc6oc7ccccc7c6c6ccccc56)c4N(c4ccccc4)c4cccc2c43)cc1. The van der Waals surface area contributed by atoms with Gasteiger partial charge in [-0.3, -0.25) is 0 Å². The molecule has 3 heterocycles. The van der Waals surface area contributed by atoms with Crippen molar-refractivity contribution in [1.29, 1.82) is 0 Å². The second-order valence-electron chi connectivity index (χ2n) is 13.2. The normalized spacial score (nSPS) is 13.1. The summed E-state index contributed by atoms with van der Waals surface area (Å²) in [4.78, 5) is 4.93. The van der Waals surface area contributed by atoms with Gasteiger partial charge < -0.3 is 14.2 Å². The van der Waals surface area contributed by atoms with E-state index in [-0.39, 0.29) is 6.71 Å². The Hall–Kier alpha value is -6.52. The molecule has 0 N–H and O–H groups in total. The second kappa shape index (κ2) is 10.5. The van der Waals surface area contributed by atoms with Crippen LogP contribution < -0.4 is 26.2 Å². The third-order valence-electron chi connectivity index (χ3n) is 10.6. The smallest absolute Gasteiger partial charge is 0.252 e. The summed E-state index contributed by atoms with van der Waals surface area (Å²) in [5, 5.41) is 4.73. The third kappa shape index (κ3) is 3.76. The second-order valence-corrected chi connectivity index (χ2v) is 13.2. The molecule has 8 aromatic carbocycles. The van der Waals surface area contributed by atoms with Gasteiger partial charge in [-0.1, -0.05) is 121 Å². The van der Waals surface area contributed by atoms with Gasteiger partial charge in [-0.05, 0) is 87.3 Å². The maximum absolute atomic E-state index is 6.58. The van der Waals surface area contributed by atoms with Gasteiger partial charge in [0.05, 0.1) is 0 Å². The van der Waals surface area contributed by atoms with Crippen LogP contribution in [0.15, 0.2) is 180 Å². The molecule has 11 rings (SSSR count). The first-order valence-electron chi connectivity index (χ1n) is 17.2. The van der Waals surface area contributed by atoms with Crippen molar-refractivity contribution >= 4 is 89.9 Å². The highest BCUT2D eigenvalue weighted by Gasteiger charge is 2.43. The van der Waals surface area contributed by atoms with E-state index in [4.69, 9.17) is 4.42 Å². The molecule has 3 nitrogen and oxygen atoms in total. The number of hydrogen-bond acceptors (Lipinski definition) is 3. The van der Waals surface area contributed by atoms with E-state index >= 15 is 0 Å². The van der Waals surface area contributed by atoms with E-state index in [9.17, 15) is 0 Å². The summed E-state index contributed by atoms with van der Waals surface area (Å²) in [7, 11) is 0. The highest BCUT2D eigenvalue weighted by Crippen LogP contribution is 2.48. The predicted octanol–water partition coefficient (Wildman–Crippen LogP) is 10.5. The largest absolute Gasteiger partial charge is 0.456 e. The van der Waals surface area contributed by atoms with Crippen LogP contribution in [0.3, 0.4) is 0 Å². The highest BCUT2D eigenvalue weighted by molar-refractivity contribution is 7.00. The molecule has 0 bridgehead atoms. The summed E-state index contributed by atoms with van der Waals surface area (Å²) in [6, 6.07) is 63.7. The standard InChI is InChI=1S/C46H29BN2O/c1-3-15-30(16-4-1)48-39-25-11-10-23-37(39)47-38-24-13-22-34(46(38)49(31-17-5-2-6-18-31)41-27-14-26-40(48)45(41)47)36-29-43-44(33-20-8-7-19-32(33)36)35-21-9-12-28-42(35)50-43/h1-29H. The van der Waals surface area contributed by atoms with Gasteiger partial charge in [0.2, 0.25) is 0 Å². The summed E-state index contributed by atoms with van der Waals surface area (Å²) in [6.45, 7) is 0.0495. The Labute approximate surface area is 290 Å². The Balaban J connectivity index is 1.26. The van der Waals surface area contributed by atoms with Crippen molar-refractivity contribution in [2.45, 2.75) is 0 Å². The van der Waals surface area contributed by atoms with E-state index < -0.39 is 0 Å². The number of nitrogens with zero attached hydrogens (tertiary/aromatic N) is 2. The van der Waals surface area contributed by atoms with Gasteiger partial charge in [-0.2, -0.15) is 0 Å². The molecule has 50 heavy (non-hydrogen) atoms. The number of benzene rings is 8.